The van der Waals surface area contributed by atoms with Crippen LogP contribution in [0.5, 0.6) is 0 Å². The van der Waals surface area contributed by atoms with Gasteiger partial charge in [-0.3, -0.25) is 9.78 Å². The fourth-order valence-electron chi connectivity index (χ4n) is 1.57. The summed E-state index contributed by atoms with van der Waals surface area (Å²) >= 11 is 0. The van der Waals surface area contributed by atoms with E-state index in [1.807, 2.05) is 13.0 Å². The van der Waals surface area contributed by atoms with E-state index in [1.54, 1.807) is 0 Å². The van der Waals surface area contributed by atoms with Gasteiger partial charge in [-0.2, -0.15) is 0 Å². The molecule has 0 spiro atoms. The Morgan fingerprint density at radius 1 is 1.33 bits per heavy atom. The minimum Gasteiger partial charge on any atom is -0.299 e. The van der Waals surface area contributed by atoms with Gasteiger partial charge in [-0.15, -0.1) is 0 Å². The van der Waals surface area contributed by atoms with E-state index in [9.17, 15) is 4.79 Å². The highest BCUT2D eigenvalue weighted by Gasteiger charge is 2.15. The molecule has 0 atom stereocenters. The topological polar surface area (TPSA) is 30.0 Å². The number of pyridine rings is 1. The minimum atomic E-state index is 0.320. The van der Waals surface area contributed by atoms with Gasteiger partial charge in [0.15, 0.2) is 0 Å². The van der Waals surface area contributed by atoms with Gasteiger partial charge >= 0.3 is 0 Å². The Kier molecular flexibility index (Phi) is 1.68. The zero-order valence-electron chi connectivity index (χ0n) is 7.13. The molecule has 1 aromatic heterocycles. The normalized spacial score (nSPS) is 15.9. The third-order valence-corrected chi connectivity index (χ3v) is 2.25. The molecule has 0 bridgehead atoms. The van der Waals surface area contributed by atoms with Gasteiger partial charge in [0.05, 0.1) is 5.69 Å². The van der Waals surface area contributed by atoms with Crippen molar-refractivity contribution in [2.45, 2.75) is 26.2 Å². The summed E-state index contributed by atoms with van der Waals surface area (Å²) in [5.74, 6) is 0.320. The Balaban J connectivity index is 2.44. The molecule has 62 valence electrons. The Hall–Kier alpha value is -1.18. The number of nitrogens with zero attached hydrogens (tertiary/aromatic N) is 1. The highest BCUT2D eigenvalue weighted by atomic mass is 16.1. The number of hydrogen-bond acceptors (Lipinski definition) is 2. The lowest BCUT2D eigenvalue weighted by molar-refractivity contribution is -0.118. The monoisotopic (exact) mass is 161 g/mol. The van der Waals surface area contributed by atoms with Crippen LogP contribution in [0.2, 0.25) is 0 Å². The van der Waals surface area contributed by atoms with Gasteiger partial charge < -0.3 is 0 Å². The van der Waals surface area contributed by atoms with Crippen LogP contribution in [0.1, 0.15) is 23.4 Å². The molecule has 0 fully saturated rings. The lowest BCUT2D eigenvalue weighted by Crippen LogP contribution is -2.15. The molecule has 0 saturated heterocycles. The molecular formula is C10H11NO. The van der Waals surface area contributed by atoms with Crippen molar-refractivity contribution < 1.29 is 4.79 Å². The van der Waals surface area contributed by atoms with E-state index in [1.165, 1.54) is 5.56 Å². The third kappa shape index (κ3) is 1.24. The van der Waals surface area contributed by atoms with Gasteiger partial charge in [-0.25, -0.2) is 0 Å². The van der Waals surface area contributed by atoms with E-state index in [0.29, 0.717) is 18.6 Å². The number of fused-ring (bicyclic) bond motifs is 1. The van der Waals surface area contributed by atoms with Crippen LogP contribution in [0.25, 0.3) is 0 Å². The lowest BCUT2D eigenvalue weighted by Gasteiger charge is -2.13. The molecule has 0 radical (unpaired) electrons. The van der Waals surface area contributed by atoms with Crippen LogP contribution in [0, 0.1) is 6.92 Å². The zero-order chi connectivity index (χ0) is 8.55. The van der Waals surface area contributed by atoms with Crippen molar-refractivity contribution in [3.63, 3.8) is 0 Å². The summed E-state index contributed by atoms with van der Waals surface area (Å²) in [6, 6.07) is 4.10. The van der Waals surface area contributed by atoms with Crippen LogP contribution in [0.4, 0.5) is 0 Å². The van der Waals surface area contributed by atoms with Crippen molar-refractivity contribution in [1.82, 2.24) is 4.98 Å². The summed E-state index contributed by atoms with van der Waals surface area (Å²) in [6.45, 7) is 1.96. The maximum Gasteiger partial charge on any atom is 0.139 e. The van der Waals surface area contributed by atoms with Crippen molar-refractivity contribution in [2.75, 3.05) is 0 Å². The fraction of sp³-hybridized carbons (Fsp3) is 0.400. The number of rotatable bonds is 0. The summed E-state index contributed by atoms with van der Waals surface area (Å²) in [5, 5.41) is 0. The third-order valence-electron chi connectivity index (χ3n) is 2.25. The van der Waals surface area contributed by atoms with Crippen LogP contribution in [0.15, 0.2) is 12.1 Å². The maximum absolute atomic E-state index is 11.1. The minimum absolute atomic E-state index is 0.320. The molecule has 0 aliphatic heterocycles. The average molecular weight is 161 g/mol. The predicted octanol–water partition coefficient (Wildman–Crippen LogP) is 1.45. The predicted molar refractivity (Wildman–Crippen MR) is 46.0 cm³/mol. The molecule has 1 aromatic rings. The van der Waals surface area contributed by atoms with Crippen LogP contribution in [-0.4, -0.2) is 10.8 Å². The van der Waals surface area contributed by atoms with E-state index in [2.05, 4.69) is 11.1 Å². The average Bonchev–Trinajstić information content (AvgIpc) is 2.03. The van der Waals surface area contributed by atoms with Crippen molar-refractivity contribution in [1.29, 1.82) is 0 Å². The van der Waals surface area contributed by atoms with Gasteiger partial charge in [0, 0.05) is 18.5 Å². The highest BCUT2D eigenvalue weighted by Crippen LogP contribution is 2.17. The highest BCUT2D eigenvalue weighted by molar-refractivity contribution is 5.82. The maximum atomic E-state index is 11.1. The smallest absolute Gasteiger partial charge is 0.139 e. The Labute approximate surface area is 71.6 Å². The van der Waals surface area contributed by atoms with Gasteiger partial charge in [-0.1, -0.05) is 6.07 Å². The second-order valence-corrected chi connectivity index (χ2v) is 3.27. The van der Waals surface area contributed by atoms with Gasteiger partial charge in [0.2, 0.25) is 0 Å². The van der Waals surface area contributed by atoms with Gasteiger partial charge in [0.25, 0.3) is 0 Å². The number of aromatic nitrogens is 1. The quantitative estimate of drug-likeness (QED) is 0.576. The molecule has 2 rings (SSSR count). The molecule has 0 N–H and O–H groups in total. The Morgan fingerprint density at radius 3 is 3.00 bits per heavy atom. The van der Waals surface area contributed by atoms with Crippen molar-refractivity contribution >= 4 is 5.78 Å². The van der Waals surface area contributed by atoms with Crippen LogP contribution in [0.3, 0.4) is 0 Å². The first-order valence-electron chi connectivity index (χ1n) is 4.23. The first-order valence-corrected chi connectivity index (χ1v) is 4.23. The SMILES string of the molecule is Cc1ccc2c(n1)CC(=O)CC2. The molecule has 1 aliphatic carbocycles. The molecule has 0 saturated carbocycles. The number of Topliss-reactive ketones (excluding diaryl/α,β-unsaturated/α-hetero) is 1. The van der Waals surface area contributed by atoms with Crippen molar-refractivity contribution in [2.24, 2.45) is 0 Å². The fourth-order valence-corrected chi connectivity index (χ4v) is 1.57. The van der Waals surface area contributed by atoms with E-state index in [-0.39, 0.29) is 0 Å². The van der Waals surface area contributed by atoms with E-state index in [0.717, 1.165) is 17.8 Å². The molecule has 2 nitrogen and oxygen atoms in total. The zero-order valence-corrected chi connectivity index (χ0v) is 7.13. The van der Waals surface area contributed by atoms with E-state index in [4.69, 9.17) is 0 Å². The first kappa shape index (κ1) is 7.47. The summed E-state index contributed by atoms with van der Waals surface area (Å²) in [6.07, 6.45) is 2.11. The summed E-state index contributed by atoms with van der Waals surface area (Å²) in [7, 11) is 0. The Morgan fingerprint density at radius 2 is 2.17 bits per heavy atom. The molecule has 12 heavy (non-hydrogen) atoms. The first-order chi connectivity index (χ1) is 5.75. The number of carbonyl (C=O) groups excluding carboxylic acids is 1. The largest absolute Gasteiger partial charge is 0.299 e. The molecule has 0 unspecified atom stereocenters. The Bertz CT molecular complexity index is 331. The molecule has 1 heterocycles. The van der Waals surface area contributed by atoms with Gasteiger partial charge in [-0.05, 0) is 25.0 Å². The van der Waals surface area contributed by atoms with Crippen LogP contribution in [-0.2, 0) is 17.6 Å². The number of carbonyl (C=O) groups is 1. The molecule has 1 aliphatic rings. The second-order valence-electron chi connectivity index (χ2n) is 3.27. The molecule has 0 aromatic carbocycles. The van der Waals surface area contributed by atoms with Crippen LogP contribution >= 0.6 is 0 Å². The van der Waals surface area contributed by atoms with Crippen molar-refractivity contribution in [3.8, 4) is 0 Å². The van der Waals surface area contributed by atoms with Crippen LogP contribution < -0.4 is 0 Å². The lowest BCUT2D eigenvalue weighted by atomic mass is 9.95. The molecule has 2 heteroatoms. The van der Waals surface area contributed by atoms with Crippen molar-refractivity contribution in [3.05, 3.63) is 29.1 Å². The summed E-state index contributed by atoms with van der Waals surface area (Å²) in [4.78, 5) is 15.4. The molecular weight excluding hydrogens is 150 g/mol. The standard InChI is InChI=1S/C10H11NO/c1-7-2-3-8-4-5-9(12)6-10(8)11-7/h2-3H,4-6H2,1H3. The van der Waals surface area contributed by atoms with E-state index >= 15 is 0 Å². The summed E-state index contributed by atoms with van der Waals surface area (Å²) in [5.41, 5.74) is 3.25. The number of aryl methyl sites for hydroxylation is 2. The molecule has 0 amide bonds. The number of hydrogen-bond donors (Lipinski definition) is 0. The van der Waals surface area contributed by atoms with Gasteiger partial charge in [0.1, 0.15) is 5.78 Å². The number of ketones is 1. The second kappa shape index (κ2) is 2.70. The summed E-state index contributed by atoms with van der Waals surface area (Å²) < 4.78 is 0. The van der Waals surface area contributed by atoms with E-state index < -0.39 is 0 Å².